The van der Waals surface area contributed by atoms with E-state index in [1.807, 2.05) is 0 Å². The van der Waals surface area contributed by atoms with Crippen LogP contribution in [0.15, 0.2) is 0 Å². The maximum absolute atomic E-state index is 7.50. The summed E-state index contributed by atoms with van der Waals surface area (Å²) >= 11 is 0. The molecule has 0 spiro atoms. The van der Waals surface area contributed by atoms with Gasteiger partial charge in [-0.05, 0) is 0 Å². The van der Waals surface area contributed by atoms with Crippen LogP contribution in [-0.2, 0) is 89.0 Å². The van der Waals surface area contributed by atoms with Crippen LogP contribution in [0.1, 0.15) is 0 Å². The van der Waals surface area contributed by atoms with Gasteiger partial charge >= 0.3 is 102 Å². The number of hydrogen-bond donors (Lipinski definition) is 0. The van der Waals surface area contributed by atoms with Crippen LogP contribution >= 0.6 is 0 Å². The molecule has 0 radical (unpaired) electrons. The molecule has 0 aromatic rings. The topological polar surface area (TPSA) is 119 Å². The molecule has 0 aliphatic heterocycles. The third-order valence-electron chi connectivity index (χ3n) is 0. The second-order valence-corrected chi connectivity index (χ2v) is 0. The third kappa shape index (κ3) is 76900. The third-order valence-corrected chi connectivity index (χ3v) is 0. The number of rotatable bonds is 0. The fourth-order valence-corrected chi connectivity index (χ4v) is 0. The van der Waals surface area contributed by atoms with Crippen molar-refractivity contribution in [2.24, 2.45) is 0 Å². The van der Waals surface area contributed by atoms with Crippen molar-refractivity contribution in [1.82, 2.24) is 0 Å². The molecular weight excluding hydrogens is 344 g/mol. The SMILES string of the molecule is [C-]#[O+].[C-]#[O+].[C-]#[O+].[C-]#[O+].[C-]#[O+].[C-]#[O+].[Fe+2].[Fe+2].[S-2].[S-2]. The van der Waals surface area contributed by atoms with Crippen molar-refractivity contribution in [3.63, 3.8) is 0 Å². The van der Waals surface area contributed by atoms with Gasteiger partial charge in [0.2, 0.25) is 0 Å². The Morgan fingerprint density at radius 2 is 0.312 bits per heavy atom. The van der Waals surface area contributed by atoms with E-state index >= 15 is 0 Å². The summed E-state index contributed by atoms with van der Waals surface area (Å²) in [5, 5.41) is 0. The summed E-state index contributed by atoms with van der Waals surface area (Å²) in [5.74, 6) is 0. The first-order chi connectivity index (χ1) is 6.00. The van der Waals surface area contributed by atoms with E-state index in [2.05, 4.69) is 39.9 Å². The molecule has 0 aliphatic carbocycles. The van der Waals surface area contributed by atoms with Gasteiger partial charge in [-0.1, -0.05) is 0 Å². The Morgan fingerprint density at radius 1 is 0.312 bits per heavy atom. The van der Waals surface area contributed by atoms with Gasteiger partial charge in [0.05, 0.1) is 0 Å². The molecule has 10 heteroatoms. The predicted octanol–water partition coefficient (Wildman–Crippen LogP) is -0.235. The largest absolute Gasteiger partial charge is 2.00 e. The van der Waals surface area contributed by atoms with Crippen molar-refractivity contribution in [2.75, 3.05) is 0 Å². The van der Waals surface area contributed by atoms with Crippen LogP contribution < -0.4 is 0 Å². The summed E-state index contributed by atoms with van der Waals surface area (Å²) < 4.78 is 45.0. The molecular formula is C6Fe2O6S2. The van der Waals surface area contributed by atoms with E-state index in [4.69, 9.17) is 27.9 Å². The molecule has 0 saturated carbocycles. The molecule has 0 aromatic heterocycles. The molecule has 0 unspecified atom stereocenters. The fourth-order valence-electron chi connectivity index (χ4n) is 0. The maximum atomic E-state index is 7.50. The van der Waals surface area contributed by atoms with E-state index in [-0.39, 0.29) is 61.1 Å². The van der Waals surface area contributed by atoms with Crippen molar-refractivity contribution in [3.8, 4) is 0 Å². The Morgan fingerprint density at radius 3 is 0.312 bits per heavy atom. The van der Waals surface area contributed by atoms with Gasteiger partial charge in [0, 0.05) is 0 Å². The Kier molecular flexibility index (Phi) is 581000. The van der Waals surface area contributed by atoms with Crippen molar-refractivity contribution in [3.05, 3.63) is 39.9 Å². The maximum Gasteiger partial charge on any atom is 2.00 e. The zero-order chi connectivity index (χ0) is 12.0. The van der Waals surface area contributed by atoms with Gasteiger partial charge in [0.25, 0.3) is 0 Å². The molecule has 0 fully saturated rings. The molecule has 0 atom stereocenters. The Balaban J connectivity index is -0.00000000321. The average Bonchev–Trinajstić information content (AvgIpc) is 2.33. The predicted molar refractivity (Wildman–Crippen MR) is 38.3 cm³/mol. The van der Waals surface area contributed by atoms with Crippen LogP contribution in [0.5, 0.6) is 0 Å². The van der Waals surface area contributed by atoms with E-state index < -0.39 is 0 Å². The zero-order valence-corrected chi connectivity index (χ0v) is 10.8. The molecule has 88 valence electrons. The molecule has 6 nitrogen and oxygen atoms in total. The first-order valence-corrected chi connectivity index (χ1v) is 1.22. The van der Waals surface area contributed by atoms with Gasteiger partial charge in [-0.2, -0.15) is 0 Å². The van der Waals surface area contributed by atoms with Crippen molar-refractivity contribution in [2.45, 2.75) is 0 Å². The smallest absolute Gasteiger partial charge is 2.00 e. The number of hydrogen-bond acceptors (Lipinski definition) is 0. The van der Waals surface area contributed by atoms with Crippen LogP contribution in [0.4, 0.5) is 0 Å². The zero-order valence-electron chi connectivity index (χ0n) is 6.97. The monoisotopic (exact) mass is 344 g/mol. The molecule has 0 amide bonds. The van der Waals surface area contributed by atoms with Crippen molar-refractivity contribution >= 4 is 27.0 Å². The molecule has 0 rings (SSSR count). The molecule has 0 aliphatic rings. The summed E-state index contributed by atoms with van der Waals surface area (Å²) in [6.07, 6.45) is 0. The summed E-state index contributed by atoms with van der Waals surface area (Å²) in [6.45, 7) is 27.0. The van der Waals surface area contributed by atoms with Gasteiger partial charge < -0.3 is 27.0 Å². The first-order valence-electron chi connectivity index (χ1n) is 1.22. The summed E-state index contributed by atoms with van der Waals surface area (Å²) in [6, 6.07) is 0. The van der Waals surface area contributed by atoms with E-state index in [0.29, 0.717) is 0 Å². The van der Waals surface area contributed by atoms with E-state index in [0.717, 1.165) is 0 Å². The van der Waals surface area contributed by atoms with Crippen LogP contribution in [0, 0.1) is 39.9 Å². The quantitative estimate of drug-likeness (QED) is 0.328. The van der Waals surface area contributed by atoms with Crippen LogP contribution in [0.25, 0.3) is 0 Å². The van der Waals surface area contributed by atoms with E-state index in [1.54, 1.807) is 0 Å². The minimum atomic E-state index is 0. The second-order valence-electron chi connectivity index (χ2n) is 0. The van der Waals surface area contributed by atoms with Gasteiger partial charge in [-0.3, -0.25) is 0 Å². The minimum absolute atomic E-state index is 0. The van der Waals surface area contributed by atoms with Crippen LogP contribution in [0.2, 0.25) is 0 Å². The van der Waals surface area contributed by atoms with Crippen LogP contribution in [0.3, 0.4) is 0 Å². The van der Waals surface area contributed by atoms with Crippen molar-refractivity contribution < 1.29 is 62.1 Å². The van der Waals surface area contributed by atoms with Gasteiger partial charge in [-0.15, -0.1) is 0 Å². The molecule has 16 heavy (non-hydrogen) atoms. The molecule has 0 heterocycles. The summed E-state index contributed by atoms with van der Waals surface area (Å²) in [5.41, 5.74) is 0. The molecule has 0 bridgehead atoms. The average molecular weight is 344 g/mol. The molecule has 0 saturated heterocycles. The van der Waals surface area contributed by atoms with Crippen molar-refractivity contribution in [1.29, 1.82) is 0 Å². The second kappa shape index (κ2) is 95300. The first kappa shape index (κ1) is 97.6. The van der Waals surface area contributed by atoms with Crippen LogP contribution in [-0.4, -0.2) is 0 Å². The molecule has 0 aromatic carbocycles. The van der Waals surface area contributed by atoms with E-state index in [1.165, 1.54) is 0 Å². The Bertz CT molecular complexity index is 104. The normalized spacial score (nSPS) is 0.750. The van der Waals surface area contributed by atoms with Gasteiger partial charge in [0.15, 0.2) is 0 Å². The molecule has 0 N–H and O–H groups in total. The van der Waals surface area contributed by atoms with Gasteiger partial charge in [-0.25, -0.2) is 0 Å². The van der Waals surface area contributed by atoms with E-state index in [9.17, 15) is 0 Å². The Labute approximate surface area is 128 Å². The van der Waals surface area contributed by atoms with Gasteiger partial charge in [0.1, 0.15) is 0 Å². The Hall–Kier alpha value is 0.179. The standard InChI is InChI=1S/6CO.2Fe.2S/c6*1-2;;;;/q;;;;;;2*+2;2*-2. The minimum Gasteiger partial charge on any atom is -2.00 e. The fraction of sp³-hybridized carbons (Fsp3) is 0. The summed E-state index contributed by atoms with van der Waals surface area (Å²) in [4.78, 5) is 0. The summed E-state index contributed by atoms with van der Waals surface area (Å²) in [7, 11) is 0.